The van der Waals surface area contributed by atoms with Crippen molar-refractivity contribution in [2.75, 3.05) is 12.3 Å². The summed E-state index contributed by atoms with van der Waals surface area (Å²) in [5.41, 5.74) is 0. The molecule has 106 valence electrons. The zero-order chi connectivity index (χ0) is 13.8. The minimum Gasteiger partial charge on any atom is -0.355 e. The van der Waals surface area contributed by atoms with E-state index in [0.29, 0.717) is 29.1 Å². The third-order valence-electron chi connectivity index (χ3n) is 2.95. The first-order valence-corrected chi connectivity index (χ1v) is 8.55. The SMILES string of the molecule is O=C(CSCc1nc(-c2cccs2)no1)NCC1CC1. The molecule has 2 heterocycles. The Bertz CT molecular complexity index is 564. The molecule has 0 spiro atoms. The van der Waals surface area contributed by atoms with Gasteiger partial charge in [-0.05, 0) is 30.2 Å². The van der Waals surface area contributed by atoms with Crippen LogP contribution < -0.4 is 5.32 Å². The average Bonchev–Trinajstić information content (AvgIpc) is 2.92. The molecule has 1 amide bonds. The van der Waals surface area contributed by atoms with Gasteiger partial charge >= 0.3 is 0 Å². The maximum absolute atomic E-state index is 11.6. The highest BCUT2D eigenvalue weighted by Crippen LogP contribution is 2.27. The molecule has 1 aliphatic rings. The van der Waals surface area contributed by atoms with Gasteiger partial charge in [-0.25, -0.2) is 0 Å². The predicted molar refractivity (Wildman–Crippen MR) is 79.5 cm³/mol. The van der Waals surface area contributed by atoms with Gasteiger partial charge in [0.05, 0.1) is 16.4 Å². The minimum absolute atomic E-state index is 0.0832. The summed E-state index contributed by atoms with van der Waals surface area (Å²) in [4.78, 5) is 16.9. The molecule has 7 heteroatoms. The number of carbonyl (C=O) groups is 1. The molecule has 1 aliphatic carbocycles. The fourth-order valence-electron chi connectivity index (χ4n) is 1.68. The number of rotatable bonds is 7. The number of amides is 1. The Labute approximate surface area is 125 Å². The van der Waals surface area contributed by atoms with E-state index in [1.165, 1.54) is 24.6 Å². The molecular formula is C13H15N3O2S2. The van der Waals surface area contributed by atoms with Crippen LogP contribution in [0.1, 0.15) is 18.7 Å². The van der Waals surface area contributed by atoms with E-state index in [4.69, 9.17) is 4.52 Å². The molecule has 2 aromatic heterocycles. The van der Waals surface area contributed by atoms with E-state index >= 15 is 0 Å². The summed E-state index contributed by atoms with van der Waals surface area (Å²) in [5.74, 6) is 2.98. The molecule has 0 aliphatic heterocycles. The largest absolute Gasteiger partial charge is 0.355 e. The Hall–Kier alpha value is -1.34. The summed E-state index contributed by atoms with van der Waals surface area (Å²) in [6.45, 7) is 0.822. The standard InChI is InChI=1S/C13H15N3O2S2/c17-11(14-6-9-3-4-9)7-19-8-12-15-13(16-18-12)10-2-1-5-20-10/h1-2,5,9H,3-4,6-8H2,(H,14,17). The van der Waals surface area contributed by atoms with Crippen molar-refractivity contribution in [3.8, 4) is 10.7 Å². The minimum atomic E-state index is 0.0832. The van der Waals surface area contributed by atoms with Crippen molar-refractivity contribution in [3.05, 3.63) is 23.4 Å². The van der Waals surface area contributed by atoms with Crippen molar-refractivity contribution in [1.29, 1.82) is 0 Å². The number of nitrogens with one attached hydrogen (secondary N) is 1. The molecule has 5 nitrogen and oxygen atoms in total. The summed E-state index contributed by atoms with van der Waals surface area (Å²) in [6, 6.07) is 3.91. The van der Waals surface area contributed by atoms with E-state index < -0.39 is 0 Å². The third-order valence-corrected chi connectivity index (χ3v) is 4.74. The summed E-state index contributed by atoms with van der Waals surface area (Å²) in [7, 11) is 0. The lowest BCUT2D eigenvalue weighted by molar-refractivity contribution is -0.118. The molecule has 0 unspecified atom stereocenters. The smallest absolute Gasteiger partial charge is 0.236 e. The van der Waals surface area contributed by atoms with E-state index in [1.807, 2.05) is 17.5 Å². The van der Waals surface area contributed by atoms with Crippen LogP contribution in [0.3, 0.4) is 0 Å². The molecule has 0 radical (unpaired) electrons. The molecule has 0 saturated heterocycles. The molecule has 0 aromatic carbocycles. The van der Waals surface area contributed by atoms with Crippen molar-refractivity contribution >= 4 is 29.0 Å². The molecular weight excluding hydrogens is 294 g/mol. The third kappa shape index (κ3) is 3.83. The second-order valence-corrected chi connectivity index (χ2v) is 6.66. The fourth-order valence-corrected chi connectivity index (χ4v) is 3.01. The van der Waals surface area contributed by atoms with E-state index in [0.717, 1.165) is 11.4 Å². The second-order valence-electron chi connectivity index (χ2n) is 4.73. The highest BCUT2D eigenvalue weighted by atomic mass is 32.2. The Balaban J connectivity index is 1.40. The van der Waals surface area contributed by atoms with Gasteiger partial charge < -0.3 is 9.84 Å². The predicted octanol–water partition coefficient (Wildman–Crippen LogP) is 2.56. The lowest BCUT2D eigenvalue weighted by Gasteiger charge is -2.02. The first-order chi connectivity index (χ1) is 9.81. The summed E-state index contributed by atoms with van der Waals surface area (Å²) in [5, 5.41) is 8.84. The van der Waals surface area contributed by atoms with E-state index in [1.54, 1.807) is 11.3 Å². The summed E-state index contributed by atoms with van der Waals surface area (Å²) in [6.07, 6.45) is 2.50. The van der Waals surface area contributed by atoms with Crippen LogP contribution in [0, 0.1) is 5.92 Å². The van der Waals surface area contributed by atoms with Gasteiger partial charge in [-0.15, -0.1) is 23.1 Å². The molecule has 0 atom stereocenters. The highest BCUT2D eigenvalue weighted by Gasteiger charge is 2.21. The van der Waals surface area contributed by atoms with Gasteiger partial charge in [-0.3, -0.25) is 4.79 Å². The number of carbonyl (C=O) groups excluding carboxylic acids is 1. The number of nitrogens with zero attached hydrogens (tertiary/aromatic N) is 2. The zero-order valence-electron chi connectivity index (χ0n) is 10.9. The molecule has 0 bridgehead atoms. The molecule has 20 heavy (non-hydrogen) atoms. The summed E-state index contributed by atoms with van der Waals surface area (Å²) >= 11 is 3.07. The van der Waals surface area contributed by atoms with Crippen molar-refractivity contribution in [1.82, 2.24) is 15.5 Å². The Kier molecular flexibility index (Phi) is 4.37. The number of aromatic nitrogens is 2. The van der Waals surface area contributed by atoms with Crippen molar-refractivity contribution < 1.29 is 9.32 Å². The quantitative estimate of drug-likeness (QED) is 0.851. The lowest BCUT2D eigenvalue weighted by Crippen LogP contribution is -2.27. The van der Waals surface area contributed by atoms with Crippen molar-refractivity contribution in [2.24, 2.45) is 5.92 Å². The van der Waals surface area contributed by atoms with Gasteiger partial charge in [0.1, 0.15) is 0 Å². The zero-order valence-corrected chi connectivity index (χ0v) is 12.5. The van der Waals surface area contributed by atoms with Crippen LogP contribution in [0.15, 0.2) is 22.0 Å². The second kappa shape index (κ2) is 6.41. The van der Waals surface area contributed by atoms with Crippen LogP contribution in [0.5, 0.6) is 0 Å². The van der Waals surface area contributed by atoms with Gasteiger partial charge in [-0.2, -0.15) is 4.98 Å². The Morgan fingerprint density at radius 2 is 2.45 bits per heavy atom. The Morgan fingerprint density at radius 1 is 1.55 bits per heavy atom. The van der Waals surface area contributed by atoms with Crippen LogP contribution in [-0.4, -0.2) is 28.3 Å². The van der Waals surface area contributed by atoms with Crippen LogP contribution in [-0.2, 0) is 10.5 Å². The number of hydrogen-bond acceptors (Lipinski definition) is 6. The molecule has 1 saturated carbocycles. The average molecular weight is 309 g/mol. The number of thiophene rings is 1. The highest BCUT2D eigenvalue weighted by molar-refractivity contribution is 7.99. The molecule has 3 rings (SSSR count). The Morgan fingerprint density at radius 3 is 3.20 bits per heavy atom. The maximum Gasteiger partial charge on any atom is 0.236 e. The van der Waals surface area contributed by atoms with Gasteiger partial charge in [0.2, 0.25) is 17.6 Å². The molecule has 1 fully saturated rings. The van der Waals surface area contributed by atoms with Crippen molar-refractivity contribution in [3.63, 3.8) is 0 Å². The van der Waals surface area contributed by atoms with E-state index in [2.05, 4.69) is 15.5 Å². The van der Waals surface area contributed by atoms with E-state index in [9.17, 15) is 4.79 Å². The number of thioether (sulfide) groups is 1. The number of hydrogen-bond donors (Lipinski definition) is 1. The van der Waals surface area contributed by atoms with Gasteiger partial charge in [0.25, 0.3) is 0 Å². The van der Waals surface area contributed by atoms with Crippen molar-refractivity contribution in [2.45, 2.75) is 18.6 Å². The van der Waals surface area contributed by atoms with Crippen LogP contribution in [0.4, 0.5) is 0 Å². The van der Waals surface area contributed by atoms with Gasteiger partial charge in [0, 0.05) is 6.54 Å². The first-order valence-electron chi connectivity index (χ1n) is 6.52. The first kappa shape index (κ1) is 13.6. The van der Waals surface area contributed by atoms with E-state index in [-0.39, 0.29) is 5.91 Å². The maximum atomic E-state index is 11.6. The normalized spacial score (nSPS) is 14.4. The van der Waals surface area contributed by atoms with Gasteiger partial charge in [0.15, 0.2) is 0 Å². The topological polar surface area (TPSA) is 68.0 Å². The van der Waals surface area contributed by atoms with Crippen LogP contribution in [0.25, 0.3) is 10.7 Å². The molecule has 2 aromatic rings. The fraction of sp³-hybridized carbons (Fsp3) is 0.462. The monoisotopic (exact) mass is 309 g/mol. The van der Waals surface area contributed by atoms with Gasteiger partial charge in [-0.1, -0.05) is 11.2 Å². The van der Waals surface area contributed by atoms with Crippen LogP contribution in [0.2, 0.25) is 0 Å². The lowest BCUT2D eigenvalue weighted by atomic mass is 10.4. The summed E-state index contributed by atoms with van der Waals surface area (Å²) < 4.78 is 5.17. The molecule has 1 N–H and O–H groups in total. The van der Waals surface area contributed by atoms with Crippen LogP contribution >= 0.6 is 23.1 Å².